The van der Waals surface area contributed by atoms with Crippen LogP contribution in [-0.4, -0.2) is 8.07 Å². The zero-order valence-electron chi connectivity index (χ0n) is 9.80. The van der Waals surface area contributed by atoms with E-state index in [4.69, 9.17) is 3.07 Å². The second-order valence-corrected chi connectivity index (χ2v) is 13.0. The van der Waals surface area contributed by atoms with Crippen molar-refractivity contribution in [1.82, 2.24) is 0 Å². The summed E-state index contributed by atoms with van der Waals surface area (Å²) in [7, 11) is -1.30. The summed E-state index contributed by atoms with van der Waals surface area (Å²) >= 11 is -1.75. The molecule has 1 heterocycles. The van der Waals surface area contributed by atoms with Gasteiger partial charge in [-0.2, -0.15) is 0 Å². The third kappa shape index (κ3) is 2.50. The summed E-state index contributed by atoms with van der Waals surface area (Å²) in [5.41, 5.74) is 4.58. The Morgan fingerprint density at radius 3 is 2.62 bits per heavy atom. The topological polar surface area (TPSA) is 9.23 Å². The van der Waals surface area contributed by atoms with E-state index in [1.807, 2.05) is 6.07 Å². The van der Waals surface area contributed by atoms with Crippen molar-refractivity contribution in [2.24, 2.45) is 0 Å². The molecule has 1 nitrogen and oxygen atoms in total. The van der Waals surface area contributed by atoms with E-state index >= 15 is 0 Å². The van der Waals surface area contributed by atoms with E-state index in [0.717, 1.165) is 11.3 Å². The van der Waals surface area contributed by atoms with Gasteiger partial charge in [-0.1, -0.05) is 0 Å². The van der Waals surface area contributed by atoms with Crippen molar-refractivity contribution < 1.29 is 3.07 Å². The fraction of sp³-hybridized carbons (Fsp3) is 0.231. The summed E-state index contributed by atoms with van der Waals surface area (Å²) in [6, 6.07) is 8.29. The molecule has 1 aromatic carbocycles. The second kappa shape index (κ2) is 4.26. The molecule has 84 valence electrons. The average molecular weight is 342 g/mol. The molecule has 3 heteroatoms. The molecule has 0 saturated heterocycles. The van der Waals surface area contributed by atoms with Gasteiger partial charge in [0, 0.05) is 0 Å². The van der Waals surface area contributed by atoms with E-state index in [1.165, 1.54) is 3.57 Å². The first-order valence-electron chi connectivity index (χ1n) is 5.17. The van der Waals surface area contributed by atoms with Crippen molar-refractivity contribution in [3.05, 3.63) is 40.0 Å². The Morgan fingerprint density at radius 2 is 1.94 bits per heavy atom. The van der Waals surface area contributed by atoms with Crippen LogP contribution in [0.5, 0.6) is 0 Å². The molecule has 0 bridgehead atoms. The summed E-state index contributed by atoms with van der Waals surface area (Å²) < 4.78 is 10.5. The quantitative estimate of drug-likeness (QED) is 0.392. The van der Waals surface area contributed by atoms with Crippen molar-refractivity contribution in [2.75, 3.05) is 0 Å². The molecule has 16 heavy (non-hydrogen) atoms. The van der Waals surface area contributed by atoms with Crippen LogP contribution in [0.25, 0.3) is 5.76 Å². The Hall–Kier alpha value is -0.733. The number of rotatable bonds is 0. The molecule has 0 saturated carbocycles. The van der Waals surface area contributed by atoms with Crippen LogP contribution in [0.1, 0.15) is 5.56 Å². The van der Waals surface area contributed by atoms with Crippen molar-refractivity contribution >= 4 is 34.1 Å². The molecule has 0 aromatic heterocycles. The van der Waals surface area contributed by atoms with Gasteiger partial charge in [0.1, 0.15) is 0 Å². The third-order valence-corrected chi connectivity index (χ3v) is 7.15. The molecule has 0 unspecified atom stereocenters. The molecule has 1 aliphatic heterocycles. The minimum atomic E-state index is -1.75. The maximum absolute atomic E-state index is 5.84. The monoisotopic (exact) mass is 342 g/mol. The standard InChI is InChI=1S/C13H15IOSi/c1-11-12-7-5-6-8-13(12)14(15-11)9-10-16(2,3)4/h5-8H,1H2,2-4H3. The van der Waals surface area contributed by atoms with Crippen LogP contribution in [0.15, 0.2) is 30.8 Å². The Balaban J connectivity index is 2.34. The third-order valence-electron chi connectivity index (χ3n) is 2.04. The molecular weight excluding hydrogens is 327 g/mol. The van der Waals surface area contributed by atoms with Crippen LogP contribution in [0.4, 0.5) is 0 Å². The minimum absolute atomic E-state index is 0.811. The molecule has 0 aliphatic carbocycles. The number of fused-ring (bicyclic) bond motifs is 1. The Labute approximate surface area is 106 Å². The van der Waals surface area contributed by atoms with E-state index in [0.29, 0.717) is 0 Å². The van der Waals surface area contributed by atoms with E-state index in [1.54, 1.807) is 0 Å². The van der Waals surface area contributed by atoms with Crippen molar-refractivity contribution in [3.8, 4) is 9.47 Å². The molecule has 1 aromatic rings. The van der Waals surface area contributed by atoms with Gasteiger partial charge in [0.15, 0.2) is 0 Å². The predicted molar refractivity (Wildman–Crippen MR) is 80.4 cm³/mol. The Morgan fingerprint density at radius 1 is 1.25 bits per heavy atom. The zero-order chi connectivity index (χ0) is 11.8. The molecule has 0 atom stereocenters. The summed E-state index contributed by atoms with van der Waals surface area (Å²) in [5.74, 6) is 0.811. The fourth-order valence-corrected chi connectivity index (χ4v) is 7.75. The van der Waals surface area contributed by atoms with Gasteiger partial charge in [0.05, 0.1) is 0 Å². The number of hydrogen-bond donors (Lipinski definition) is 0. The van der Waals surface area contributed by atoms with E-state index in [9.17, 15) is 0 Å². The van der Waals surface area contributed by atoms with Crippen LogP contribution in [0, 0.1) is 13.0 Å². The maximum atomic E-state index is 5.84. The Bertz CT molecular complexity index is 491. The fourth-order valence-electron chi connectivity index (χ4n) is 1.27. The molecule has 0 amide bonds. The average Bonchev–Trinajstić information content (AvgIpc) is 2.53. The summed E-state index contributed by atoms with van der Waals surface area (Å²) in [5, 5.41) is 0. The van der Waals surface area contributed by atoms with E-state index < -0.39 is 28.3 Å². The molecule has 0 spiro atoms. The van der Waals surface area contributed by atoms with Crippen LogP contribution < -0.4 is 0 Å². The van der Waals surface area contributed by atoms with Crippen molar-refractivity contribution in [2.45, 2.75) is 19.6 Å². The molecule has 0 radical (unpaired) electrons. The Kier molecular flexibility index (Phi) is 3.13. The molecule has 0 N–H and O–H groups in total. The summed E-state index contributed by atoms with van der Waals surface area (Å²) in [4.78, 5) is 0. The van der Waals surface area contributed by atoms with E-state index in [2.05, 4.69) is 53.9 Å². The van der Waals surface area contributed by atoms with Crippen LogP contribution in [0.3, 0.4) is 0 Å². The van der Waals surface area contributed by atoms with Gasteiger partial charge in [0.25, 0.3) is 0 Å². The summed E-state index contributed by atoms with van der Waals surface area (Å²) in [6.07, 6.45) is 0. The van der Waals surface area contributed by atoms with Crippen LogP contribution in [-0.2, 0) is 3.07 Å². The molecule has 0 fully saturated rings. The molecular formula is C13H15IOSi. The van der Waals surface area contributed by atoms with E-state index in [-0.39, 0.29) is 0 Å². The number of benzene rings is 1. The van der Waals surface area contributed by atoms with Gasteiger partial charge in [-0.3, -0.25) is 0 Å². The van der Waals surface area contributed by atoms with Crippen molar-refractivity contribution in [3.63, 3.8) is 0 Å². The first-order valence-corrected chi connectivity index (χ1v) is 11.7. The normalized spacial score (nSPS) is 16.2. The summed E-state index contributed by atoms with van der Waals surface area (Å²) in [6.45, 7) is 10.7. The van der Waals surface area contributed by atoms with Crippen molar-refractivity contribution in [1.29, 1.82) is 0 Å². The van der Waals surface area contributed by atoms with Crippen LogP contribution in [0.2, 0.25) is 19.6 Å². The van der Waals surface area contributed by atoms with Gasteiger partial charge in [0.2, 0.25) is 0 Å². The van der Waals surface area contributed by atoms with Gasteiger partial charge in [-0.25, -0.2) is 0 Å². The molecule has 1 aliphatic rings. The number of halogens is 1. The second-order valence-electron chi connectivity index (χ2n) is 4.70. The SMILES string of the molecule is C=C1OI(C#C[Si](C)(C)C)c2ccccc21. The first kappa shape index (κ1) is 11.7. The molecule has 2 rings (SSSR count). The predicted octanol–water partition coefficient (Wildman–Crippen LogP) is 4.12. The van der Waals surface area contributed by atoms with Gasteiger partial charge in [-0.15, -0.1) is 0 Å². The zero-order valence-corrected chi connectivity index (χ0v) is 13.0. The number of hydrogen-bond acceptors (Lipinski definition) is 1. The van der Waals surface area contributed by atoms with Crippen LogP contribution >= 0.6 is 20.2 Å². The first-order chi connectivity index (χ1) is 7.47. The van der Waals surface area contributed by atoms with Gasteiger partial charge >= 0.3 is 106 Å². The van der Waals surface area contributed by atoms with Gasteiger partial charge in [-0.05, 0) is 0 Å². The van der Waals surface area contributed by atoms with Gasteiger partial charge < -0.3 is 0 Å².